The van der Waals surface area contributed by atoms with Crippen LogP contribution in [0.25, 0.3) is 0 Å². The summed E-state index contributed by atoms with van der Waals surface area (Å²) in [5.41, 5.74) is 0. The Kier molecular flexibility index (Phi) is 5.56. The summed E-state index contributed by atoms with van der Waals surface area (Å²) in [6.07, 6.45) is 2.77. The van der Waals surface area contributed by atoms with Gasteiger partial charge in [-0.15, -0.1) is 0 Å². The number of nitrogens with zero attached hydrogens (tertiary/aromatic N) is 2. The molecule has 8 heteroatoms. The first-order valence-corrected chi connectivity index (χ1v) is 7.15. The molecule has 114 valence electrons. The number of rotatable bonds is 5. The van der Waals surface area contributed by atoms with E-state index in [2.05, 4.69) is 0 Å². The molecule has 0 fully saturated rings. The minimum Gasteiger partial charge on any atom is -0.336 e. The number of hydrogen-bond donors (Lipinski definition) is 0. The maximum absolute atomic E-state index is 11.7. The van der Waals surface area contributed by atoms with Gasteiger partial charge in [-0.25, -0.2) is 9.59 Å². The van der Waals surface area contributed by atoms with Gasteiger partial charge in [-0.3, -0.25) is 0 Å². The lowest BCUT2D eigenvalue weighted by molar-refractivity contribution is -0.151. The summed E-state index contributed by atoms with van der Waals surface area (Å²) in [7, 11) is 0. The third kappa shape index (κ3) is 4.61. The van der Waals surface area contributed by atoms with Crippen LogP contribution in [-0.4, -0.2) is 21.4 Å². The Morgan fingerprint density at radius 1 is 0.818 bits per heavy atom. The number of carbonyl (C=O) groups excluding carboxylic acids is 2. The summed E-state index contributed by atoms with van der Waals surface area (Å²) in [4.78, 5) is 33.3. The van der Waals surface area contributed by atoms with Crippen LogP contribution in [0.1, 0.15) is 12.8 Å². The predicted molar refractivity (Wildman–Crippen MR) is 82.9 cm³/mol. The highest BCUT2D eigenvalue weighted by molar-refractivity contribution is 7.71. The molecule has 0 spiro atoms. The first kappa shape index (κ1) is 16.1. The van der Waals surface area contributed by atoms with Crippen LogP contribution < -0.4 is 9.68 Å². The molecular formula is C14H12N2O4S2. The molecule has 2 rings (SSSR count). The van der Waals surface area contributed by atoms with Gasteiger partial charge in [0.15, 0.2) is 0 Å². The Morgan fingerprint density at radius 3 is 1.59 bits per heavy atom. The van der Waals surface area contributed by atoms with Crippen molar-refractivity contribution in [1.29, 1.82) is 0 Å². The topological polar surface area (TPSA) is 62.5 Å². The molecule has 0 aliphatic heterocycles. The van der Waals surface area contributed by atoms with E-state index >= 15 is 0 Å². The molecule has 0 atom stereocenters. The summed E-state index contributed by atoms with van der Waals surface area (Å²) in [5, 5.41) is 0. The van der Waals surface area contributed by atoms with Gasteiger partial charge < -0.3 is 9.68 Å². The zero-order valence-corrected chi connectivity index (χ0v) is 13.0. The van der Waals surface area contributed by atoms with E-state index in [1.165, 1.54) is 12.4 Å². The molecule has 2 heterocycles. The fourth-order valence-corrected chi connectivity index (χ4v) is 1.84. The van der Waals surface area contributed by atoms with E-state index in [1.807, 2.05) is 0 Å². The van der Waals surface area contributed by atoms with Gasteiger partial charge in [0, 0.05) is 12.4 Å². The molecule has 0 saturated carbocycles. The SMILES string of the molecule is O=C(CCC(=O)On1ccccc1=S)On1ccccc1=S. The molecule has 6 nitrogen and oxygen atoms in total. The second-order valence-electron chi connectivity index (χ2n) is 4.16. The van der Waals surface area contributed by atoms with Crippen LogP contribution in [-0.2, 0) is 9.59 Å². The molecule has 0 aliphatic rings. The Bertz CT molecular complexity index is 730. The van der Waals surface area contributed by atoms with Crippen molar-refractivity contribution in [2.75, 3.05) is 0 Å². The van der Waals surface area contributed by atoms with Crippen LogP contribution in [0.15, 0.2) is 48.8 Å². The monoisotopic (exact) mass is 336 g/mol. The second kappa shape index (κ2) is 7.62. The molecular weight excluding hydrogens is 324 g/mol. The normalized spacial score (nSPS) is 10.0. The van der Waals surface area contributed by atoms with E-state index in [4.69, 9.17) is 34.1 Å². The highest BCUT2D eigenvalue weighted by atomic mass is 32.1. The molecule has 0 saturated heterocycles. The highest BCUT2D eigenvalue weighted by Gasteiger charge is 2.11. The summed E-state index contributed by atoms with van der Waals surface area (Å²) in [6.45, 7) is 0. The first-order chi connectivity index (χ1) is 10.6. The maximum atomic E-state index is 11.7. The van der Waals surface area contributed by atoms with E-state index in [0.29, 0.717) is 9.28 Å². The van der Waals surface area contributed by atoms with Crippen molar-refractivity contribution in [3.8, 4) is 0 Å². The molecule has 2 aromatic rings. The molecule has 2 aromatic heterocycles. The average Bonchev–Trinajstić information content (AvgIpc) is 2.50. The molecule has 0 amide bonds. The summed E-state index contributed by atoms with van der Waals surface area (Å²) in [5.74, 6) is -1.17. The van der Waals surface area contributed by atoms with Gasteiger partial charge in [0.2, 0.25) is 0 Å². The lowest BCUT2D eigenvalue weighted by atomic mass is 10.3. The van der Waals surface area contributed by atoms with Gasteiger partial charge in [0.1, 0.15) is 9.28 Å². The third-order valence-corrected chi connectivity index (χ3v) is 3.14. The molecule has 0 aromatic carbocycles. The van der Waals surface area contributed by atoms with Crippen molar-refractivity contribution in [2.45, 2.75) is 12.8 Å². The fourth-order valence-electron chi connectivity index (χ4n) is 1.49. The molecule has 22 heavy (non-hydrogen) atoms. The minimum atomic E-state index is -0.587. The maximum Gasteiger partial charge on any atom is 0.333 e. The van der Waals surface area contributed by atoms with Crippen LogP contribution in [0.4, 0.5) is 0 Å². The second-order valence-corrected chi connectivity index (χ2v) is 4.99. The number of pyridine rings is 2. The largest absolute Gasteiger partial charge is 0.336 e. The van der Waals surface area contributed by atoms with Crippen molar-refractivity contribution in [1.82, 2.24) is 9.46 Å². The Hall–Kier alpha value is -2.32. The molecule has 0 N–H and O–H groups in total. The highest BCUT2D eigenvalue weighted by Crippen LogP contribution is 1.97. The molecule has 0 radical (unpaired) electrons. The molecule has 0 unspecified atom stereocenters. The van der Waals surface area contributed by atoms with Crippen molar-refractivity contribution >= 4 is 36.4 Å². The van der Waals surface area contributed by atoms with Crippen molar-refractivity contribution in [3.05, 3.63) is 58.1 Å². The Morgan fingerprint density at radius 2 is 1.23 bits per heavy atom. The minimum absolute atomic E-state index is 0.129. The van der Waals surface area contributed by atoms with E-state index in [1.54, 1.807) is 36.4 Å². The van der Waals surface area contributed by atoms with Gasteiger partial charge in [-0.05, 0) is 24.3 Å². The van der Waals surface area contributed by atoms with Gasteiger partial charge in [-0.1, -0.05) is 36.6 Å². The zero-order chi connectivity index (χ0) is 15.9. The first-order valence-electron chi connectivity index (χ1n) is 6.34. The van der Waals surface area contributed by atoms with E-state index in [0.717, 1.165) is 9.46 Å². The van der Waals surface area contributed by atoms with Crippen LogP contribution in [0, 0.1) is 9.28 Å². The van der Waals surface area contributed by atoms with Crippen LogP contribution >= 0.6 is 24.4 Å². The molecule has 0 aliphatic carbocycles. The van der Waals surface area contributed by atoms with Crippen molar-refractivity contribution in [2.24, 2.45) is 0 Å². The smallest absolute Gasteiger partial charge is 0.333 e. The van der Waals surface area contributed by atoms with Gasteiger partial charge in [0.05, 0.1) is 12.8 Å². The average molecular weight is 336 g/mol. The lowest BCUT2D eigenvalue weighted by Crippen LogP contribution is -2.24. The predicted octanol–water partition coefficient (Wildman–Crippen LogP) is 2.14. The van der Waals surface area contributed by atoms with Gasteiger partial charge >= 0.3 is 11.9 Å². The van der Waals surface area contributed by atoms with Crippen LogP contribution in [0.3, 0.4) is 0 Å². The standard InChI is InChI=1S/C14H12N2O4S2/c17-13(19-15-9-3-1-5-11(15)21)7-8-14(18)20-16-10-4-2-6-12(16)22/h1-6,9-10H,7-8H2. The van der Waals surface area contributed by atoms with Crippen molar-refractivity contribution in [3.63, 3.8) is 0 Å². The summed E-state index contributed by atoms with van der Waals surface area (Å²) < 4.78 is 3.04. The lowest BCUT2D eigenvalue weighted by Gasteiger charge is -2.08. The Labute approximate surface area is 136 Å². The number of aromatic nitrogens is 2. The zero-order valence-electron chi connectivity index (χ0n) is 11.4. The van der Waals surface area contributed by atoms with Crippen LogP contribution in [0.2, 0.25) is 0 Å². The quantitative estimate of drug-likeness (QED) is 0.780. The van der Waals surface area contributed by atoms with Gasteiger partial charge in [-0.2, -0.15) is 9.46 Å². The van der Waals surface area contributed by atoms with E-state index in [9.17, 15) is 9.59 Å². The number of hydrogen-bond acceptors (Lipinski definition) is 6. The summed E-state index contributed by atoms with van der Waals surface area (Å²) in [6, 6.07) is 10.0. The Balaban J connectivity index is 1.85. The fraction of sp³-hybridized carbons (Fsp3) is 0.143. The molecule has 0 bridgehead atoms. The van der Waals surface area contributed by atoms with Gasteiger partial charge in [0.25, 0.3) is 0 Å². The van der Waals surface area contributed by atoms with E-state index < -0.39 is 11.9 Å². The number of carbonyl (C=O) groups is 2. The van der Waals surface area contributed by atoms with Crippen LogP contribution in [0.5, 0.6) is 0 Å². The van der Waals surface area contributed by atoms with Crippen molar-refractivity contribution < 1.29 is 19.3 Å². The van der Waals surface area contributed by atoms with E-state index in [-0.39, 0.29) is 12.8 Å². The summed E-state index contributed by atoms with van der Waals surface area (Å²) >= 11 is 9.97. The third-order valence-electron chi connectivity index (χ3n) is 2.51.